The first-order valence-electron chi connectivity index (χ1n) is 6.53. The highest BCUT2D eigenvalue weighted by Crippen LogP contribution is 2.07. The van der Waals surface area contributed by atoms with E-state index in [0.717, 1.165) is 5.75 Å². The van der Waals surface area contributed by atoms with Crippen LogP contribution in [0.5, 0.6) is 0 Å². The summed E-state index contributed by atoms with van der Waals surface area (Å²) in [6.45, 7) is 3.91. The van der Waals surface area contributed by atoms with Crippen LogP contribution in [0.1, 0.15) is 26.7 Å². The second-order valence-corrected chi connectivity index (χ2v) is 5.82. The summed E-state index contributed by atoms with van der Waals surface area (Å²) in [5, 5.41) is 5.12. The summed E-state index contributed by atoms with van der Waals surface area (Å²) in [4.78, 5) is 34.3. The van der Waals surface area contributed by atoms with Crippen LogP contribution in [0.4, 0.5) is 0 Å². The van der Waals surface area contributed by atoms with Crippen molar-refractivity contribution in [3.05, 3.63) is 0 Å². The van der Waals surface area contributed by atoms with Crippen LogP contribution in [-0.2, 0) is 19.1 Å². The highest BCUT2D eigenvalue weighted by atomic mass is 32.2. The van der Waals surface area contributed by atoms with Crippen molar-refractivity contribution < 1.29 is 19.1 Å². The Kier molecular flexibility index (Phi) is 9.88. The normalized spacial score (nSPS) is 13.4. The second-order valence-electron chi connectivity index (χ2n) is 4.83. The summed E-state index contributed by atoms with van der Waals surface area (Å²) in [6.07, 6.45) is 3.43. The van der Waals surface area contributed by atoms with Gasteiger partial charge in [0, 0.05) is 0 Å². The van der Waals surface area contributed by atoms with Gasteiger partial charge in [-0.2, -0.15) is 11.8 Å². The van der Waals surface area contributed by atoms with E-state index in [9.17, 15) is 14.4 Å². The lowest BCUT2D eigenvalue weighted by Crippen LogP contribution is -2.50. The molecule has 0 saturated carbocycles. The van der Waals surface area contributed by atoms with Gasteiger partial charge in [0.25, 0.3) is 0 Å². The highest BCUT2D eigenvalue weighted by molar-refractivity contribution is 7.98. The van der Waals surface area contributed by atoms with Crippen molar-refractivity contribution in [3.63, 3.8) is 0 Å². The summed E-state index contributed by atoms with van der Waals surface area (Å²) in [5.41, 5.74) is 0. The molecule has 20 heavy (non-hydrogen) atoms. The highest BCUT2D eigenvalue weighted by Gasteiger charge is 2.26. The molecule has 0 rings (SSSR count). The van der Waals surface area contributed by atoms with Crippen molar-refractivity contribution in [2.45, 2.75) is 38.8 Å². The molecule has 6 nitrogen and oxygen atoms in total. The van der Waals surface area contributed by atoms with Crippen LogP contribution in [0.3, 0.4) is 0 Å². The standard InChI is InChI=1S/C13H24N2O4S/c1-9(2)7-11(13(18)19-3)15-12(17)10(14-8-16)5-6-20-4/h8-11H,5-7H2,1-4H3,(H,14,16)(H,15,17)/t10-,11-/m0/s1. The summed E-state index contributed by atoms with van der Waals surface area (Å²) < 4.78 is 4.69. The second kappa shape index (κ2) is 10.5. The molecule has 2 N–H and O–H groups in total. The molecule has 0 aromatic carbocycles. The Balaban J connectivity index is 4.67. The van der Waals surface area contributed by atoms with Gasteiger partial charge < -0.3 is 15.4 Å². The molecule has 0 unspecified atom stereocenters. The maximum Gasteiger partial charge on any atom is 0.328 e. The van der Waals surface area contributed by atoms with E-state index in [1.807, 2.05) is 20.1 Å². The van der Waals surface area contributed by atoms with Crippen LogP contribution in [0, 0.1) is 5.92 Å². The Morgan fingerprint density at radius 1 is 1.30 bits per heavy atom. The minimum Gasteiger partial charge on any atom is -0.467 e. The Morgan fingerprint density at radius 3 is 2.40 bits per heavy atom. The van der Waals surface area contributed by atoms with Crippen molar-refractivity contribution in [2.24, 2.45) is 5.92 Å². The Labute approximate surface area is 124 Å². The minimum atomic E-state index is -0.683. The van der Waals surface area contributed by atoms with Crippen molar-refractivity contribution in [3.8, 4) is 0 Å². The Bertz CT molecular complexity index is 323. The molecule has 0 aromatic heterocycles. The summed E-state index contributed by atoms with van der Waals surface area (Å²) in [6, 6.07) is -1.31. The molecule has 2 amide bonds. The predicted octanol–water partition coefficient (Wildman–Crippen LogP) is 0.558. The van der Waals surface area contributed by atoms with Crippen LogP contribution in [0.2, 0.25) is 0 Å². The summed E-state index contributed by atoms with van der Waals surface area (Å²) in [7, 11) is 1.29. The summed E-state index contributed by atoms with van der Waals surface area (Å²) >= 11 is 1.59. The summed E-state index contributed by atoms with van der Waals surface area (Å²) in [5.74, 6) is 0.151. The monoisotopic (exact) mass is 304 g/mol. The van der Waals surface area contributed by atoms with E-state index in [0.29, 0.717) is 19.3 Å². The third kappa shape index (κ3) is 7.37. The van der Waals surface area contributed by atoms with Crippen molar-refractivity contribution >= 4 is 30.0 Å². The van der Waals surface area contributed by atoms with Crippen LogP contribution in [0.15, 0.2) is 0 Å². The van der Waals surface area contributed by atoms with E-state index in [-0.39, 0.29) is 11.8 Å². The number of thioether (sulfide) groups is 1. The smallest absolute Gasteiger partial charge is 0.328 e. The molecule has 0 aromatic rings. The molecule has 0 radical (unpaired) electrons. The molecule has 116 valence electrons. The maximum atomic E-state index is 12.1. The molecule has 0 saturated heterocycles. The number of carbonyl (C=O) groups is 3. The molecule has 0 heterocycles. The van der Waals surface area contributed by atoms with Gasteiger partial charge in [0.2, 0.25) is 12.3 Å². The number of ether oxygens (including phenoxy) is 1. The zero-order chi connectivity index (χ0) is 15.5. The topological polar surface area (TPSA) is 84.5 Å². The molecule has 0 aliphatic heterocycles. The van der Waals surface area contributed by atoms with Crippen LogP contribution >= 0.6 is 11.8 Å². The number of hydrogen-bond acceptors (Lipinski definition) is 5. The number of hydrogen-bond donors (Lipinski definition) is 2. The van der Waals surface area contributed by atoms with Gasteiger partial charge in [-0.25, -0.2) is 4.79 Å². The van der Waals surface area contributed by atoms with Crippen molar-refractivity contribution in [2.75, 3.05) is 19.1 Å². The predicted molar refractivity (Wildman–Crippen MR) is 79.4 cm³/mol. The SMILES string of the molecule is COC(=O)[C@H](CC(C)C)NC(=O)[C@H](CCSC)NC=O. The van der Waals surface area contributed by atoms with Gasteiger partial charge in [-0.05, 0) is 30.8 Å². The van der Waals surface area contributed by atoms with Crippen LogP contribution in [0.25, 0.3) is 0 Å². The van der Waals surface area contributed by atoms with Gasteiger partial charge in [-0.1, -0.05) is 13.8 Å². The number of rotatable bonds is 10. The molecule has 0 bridgehead atoms. The Hall–Kier alpha value is -1.24. The first-order valence-corrected chi connectivity index (χ1v) is 7.92. The van der Waals surface area contributed by atoms with Crippen molar-refractivity contribution in [1.29, 1.82) is 0 Å². The fraction of sp³-hybridized carbons (Fsp3) is 0.769. The first kappa shape index (κ1) is 18.8. The van der Waals surface area contributed by atoms with E-state index >= 15 is 0 Å². The van der Waals surface area contributed by atoms with Gasteiger partial charge >= 0.3 is 5.97 Å². The minimum absolute atomic E-state index is 0.239. The average molecular weight is 304 g/mol. The third-order valence-electron chi connectivity index (χ3n) is 2.71. The average Bonchev–Trinajstić information content (AvgIpc) is 2.41. The number of methoxy groups -OCH3 is 1. The van der Waals surface area contributed by atoms with E-state index in [2.05, 4.69) is 15.4 Å². The van der Waals surface area contributed by atoms with Gasteiger partial charge in [-0.3, -0.25) is 9.59 Å². The molecular weight excluding hydrogens is 280 g/mol. The Morgan fingerprint density at radius 2 is 1.95 bits per heavy atom. The number of esters is 1. The van der Waals surface area contributed by atoms with Crippen LogP contribution < -0.4 is 10.6 Å². The van der Waals surface area contributed by atoms with Crippen LogP contribution in [-0.4, -0.2) is 49.5 Å². The molecule has 0 spiro atoms. The largest absolute Gasteiger partial charge is 0.467 e. The van der Waals surface area contributed by atoms with Gasteiger partial charge in [0.05, 0.1) is 7.11 Å². The number of carbonyl (C=O) groups excluding carboxylic acids is 3. The van der Waals surface area contributed by atoms with E-state index < -0.39 is 18.1 Å². The molecule has 0 aliphatic carbocycles. The molecular formula is C13H24N2O4S. The maximum absolute atomic E-state index is 12.1. The van der Waals surface area contributed by atoms with Gasteiger partial charge in [0.1, 0.15) is 12.1 Å². The first-order chi connectivity index (χ1) is 9.46. The fourth-order valence-corrected chi connectivity index (χ4v) is 2.18. The molecule has 2 atom stereocenters. The van der Waals surface area contributed by atoms with Crippen molar-refractivity contribution in [1.82, 2.24) is 10.6 Å². The third-order valence-corrected chi connectivity index (χ3v) is 3.35. The quantitative estimate of drug-likeness (QED) is 0.455. The van der Waals surface area contributed by atoms with Gasteiger partial charge in [0.15, 0.2) is 0 Å². The lowest BCUT2D eigenvalue weighted by molar-refractivity contribution is -0.145. The lowest BCUT2D eigenvalue weighted by Gasteiger charge is -2.22. The number of nitrogens with one attached hydrogen (secondary N) is 2. The molecule has 7 heteroatoms. The fourth-order valence-electron chi connectivity index (χ4n) is 1.71. The lowest BCUT2D eigenvalue weighted by atomic mass is 10.0. The van der Waals surface area contributed by atoms with Gasteiger partial charge in [-0.15, -0.1) is 0 Å². The number of amides is 2. The van der Waals surface area contributed by atoms with E-state index in [4.69, 9.17) is 0 Å². The molecule has 0 fully saturated rings. The van der Waals surface area contributed by atoms with E-state index in [1.54, 1.807) is 11.8 Å². The zero-order valence-corrected chi connectivity index (χ0v) is 13.3. The molecule has 0 aliphatic rings. The zero-order valence-electron chi connectivity index (χ0n) is 12.5. The van der Waals surface area contributed by atoms with E-state index in [1.165, 1.54) is 7.11 Å².